The molecule has 7 nitrogen and oxygen atoms in total. The number of hydrogen-bond acceptors (Lipinski definition) is 5. The molecule has 0 radical (unpaired) electrons. The monoisotopic (exact) mass is 476 g/mol. The number of carbonyl (C=O) groups excluding carboxylic acids is 1. The van der Waals surface area contributed by atoms with E-state index in [2.05, 4.69) is 0 Å². The molecule has 0 spiro atoms. The third kappa shape index (κ3) is 4.63. The molecule has 4 rings (SSSR count). The number of fused-ring (bicyclic) bond motifs is 1. The molecule has 0 N–H and O–H groups in total. The summed E-state index contributed by atoms with van der Waals surface area (Å²) in [6.45, 7) is 1.38. The summed E-state index contributed by atoms with van der Waals surface area (Å²) in [5.74, 6) is -1.50. The van der Waals surface area contributed by atoms with Crippen LogP contribution < -0.4 is 0 Å². The average Bonchev–Trinajstić information content (AvgIpc) is 3.22. The molecule has 0 saturated heterocycles. The number of aromatic nitrogens is 1. The zero-order chi connectivity index (χ0) is 24.3. The number of nitro groups is 1. The van der Waals surface area contributed by atoms with Crippen molar-refractivity contribution in [1.82, 2.24) is 3.97 Å². The fourth-order valence-electron chi connectivity index (χ4n) is 4.29. The number of nitrogens with zero attached hydrogens (tertiary/aromatic N) is 2. The zero-order valence-corrected chi connectivity index (χ0v) is 19.4. The van der Waals surface area contributed by atoms with Crippen molar-refractivity contribution in [1.29, 1.82) is 0 Å². The molecule has 1 aromatic heterocycles. The van der Waals surface area contributed by atoms with E-state index in [4.69, 9.17) is 0 Å². The minimum atomic E-state index is -3.96. The van der Waals surface area contributed by atoms with Gasteiger partial charge in [0.1, 0.15) is 6.29 Å². The van der Waals surface area contributed by atoms with Crippen LogP contribution in [0.5, 0.6) is 0 Å². The van der Waals surface area contributed by atoms with Gasteiger partial charge in [-0.05, 0) is 42.7 Å². The topological polar surface area (TPSA) is 99.3 Å². The number of carbonyl (C=O) groups is 1. The Bertz CT molecular complexity index is 1430. The molecule has 0 fully saturated rings. The van der Waals surface area contributed by atoms with Crippen molar-refractivity contribution >= 4 is 27.2 Å². The van der Waals surface area contributed by atoms with Gasteiger partial charge in [0.05, 0.1) is 16.3 Å². The molecule has 0 aliphatic rings. The van der Waals surface area contributed by atoms with Crippen LogP contribution in [-0.2, 0) is 21.2 Å². The number of aldehydes is 1. The van der Waals surface area contributed by atoms with Gasteiger partial charge < -0.3 is 4.79 Å². The Balaban J connectivity index is 1.86. The molecule has 1 heterocycles. The molecule has 2 atom stereocenters. The van der Waals surface area contributed by atoms with E-state index in [0.717, 1.165) is 17.4 Å². The summed E-state index contributed by atoms with van der Waals surface area (Å²) in [4.78, 5) is 23.4. The second-order valence-corrected chi connectivity index (χ2v) is 10.1. The Kier molecular flexibility index (Phi) is 6.61. The number of para-hydroxylation sites is 1. The fraction of sp³-hybridized carbons (Fsp3) is 0.192. The molecule has 0 aliphatic heterocycles. The van der Waals surface area contributed by atoms with E-state index in [1.165, 1.54) is 22.3 Å². The molecule has 0 bridgehead atoms. The molecule has 34 heavy (non-hydrogen) atoms. The first-order valence-corrected chi connectivity index (χ1v) is 12.3. The van der Waals surface area contributed by atoms with Crippen LogP contribution in [0.2, 0.25) is 0 Å². The molecule has 3 aromatic carbocycles. The highest BCUT2D eigenvalue weighted by Gasteiger charge is 2.32. The molecular formula is C26H24N2O5S. The molecule has 0 aliphatic carbocycles. The van der Waals surface area contributed by atoms with Gasteiger partial charge in [-0.1, -0.05) is 66.2 Å². The first-order chi connectivity index (χ1) is 16.3. The fourth-order valence-corrected chi connectivity index (χ4v) is 5.67. The Labute approximate surface area is 197 Å². The van der Waals surface area contributed by atoms with Crippen molar-refractivity contribution in [2.24, 2.45) is 5.92 Å². The van der Waals surface area contributed by atoms with Gasteiger partial charge in [-0.25, -0.2) is 12.4 Å². The highest BCUT2D eigenvalue weighted by Crippen LogP contribution is 2.35. The van der Waals surface area contributed by atoms with Crippen LogP contribution in [0.25, 0.3) is 10.9 Å². The largest absolute Gasteiger partial charge is 0.303 e. The van der Waals surface area contributed by atoms with Crippen molar-refractivity contribution < 1.29 is 18.1 Å². The van der Waals surface area contributed by atoms with Gasteiger partial charge in [-0.3, -0.25) is 10.1 Å². The van der Waals surface area contributed by atoms with Gasteiger partial charge in [0, 0.05) is 22.4 Å². The Hall–Kier alpha value is -3.78. The van der Waals surface area contributed by atoms with E-state index in [1.54, 1.807) is 36.4 Å². The number of benzene rings is 3. The van der Waals surface area contributed by atoms with Crippen LogP contribution >= 0.6 is 0 Å². The number of rotatable bonds is 9. The van der Waals surface area contributed by atoms with Crippen LogP contribution in [0.3, 0.4) is 0 Å². The number of aryl methyl sites for hydroxylation is 1. The van der Waals surface area contributed by atoms with E-state index in [0.29, 0.717) is 22.9 Å². The van der Waals surface area contributed by atoms with Crippen LogP contribution in [0.1, 0.15) is 22.6 Å². The summed E-state index contributed by atoms with van der Waals surface area (Å²) >= 11 is 0. The highest BCUT2D eigenvalue weighted by atomic mass is 32.2. The van der Waals surface area contributed by atoms with Crippen molar-refractivity contribution in [3.8, 4) is 0 Å². The summed E-state index contributed by atoms with van der Waals surface area (Å²) in [7, 11) is -3.96. The first-order valence-electron chi connectivity index (χ1n) is 10.8. The predicted octanol–water partition coefficient (Wildman–Crippen LogP) is 4.60. The van der Waals surface area contributed by atoms with Crippen LogP contribution in [0, 0.1) is 23.0 Å². The minimum Gasteiger partial charge on any atom is -0.303 e. The van der Waals surface area contributed by atoms with E-state index in [-0.39, 0.29) is 4.90 Å². The van der Waals surface area contributed by atoms with E-state index >= 15 is 0 Å². The van der Waals surface area contributed by atoms with Crippen molar-refractivity contribution in [3.05, 3.63) is 112 Å². The summed E-state index contributed by atoms with van der Waals surface area (Å²) < 4.78 is 28.2. The predicted molar refractivity (Wildman–Crippen MR) is 130 cm³/mol. The molecule has 0 amide bonds. The van der Waals surface area contributed by atoms with Crippen LogP contribution in [-0.4, -0.2) is 30.1 Å². The van der Waals surface area contributed by atoms with Crippen LogP contribution in [0.4, 0.5) is 0 Å². The van der Waals surface area contributed by atoms with Crippen molar-refractivity contribution in [3.63, 3.8) is 0 Å². The lowest BCUT2D eigenvalue weighted by atomic mass is 9.83. The van der Waals surface area contributed by atoms with E-state index < -0.39 is 33.3 Å². The molecule has 174 valence electrons. The Morgan fingerprint density at radius 1 is 0.971 bits per heavy atom. The van der Waals surface area contributed by atoms with Gasteiger partial charge in [-0.15, -0.1) is 0 Å². The lowest BCUT2D eigenvalue weighted by Crippen LogP contribution is -2.24. The molecule has 2 unspecified atom stereocenters. The zero-order valence-electron chi connectivity index (χ0n) is 18.6. The Morgan fingerprint density at radius 2 is 1.62 bits per heavy atom. The molecular weight excluding hydrogens is 452 g/mol. The SMILES string of the molecule is Cc1ccc(S(=O)(=O)n2cc(C(C[N+](=O)[O-])C(C=O)Cc3ccccc3)c3ccccc32)cc1. The summed E-state index contributed by atoms with van der Waals surface area (Å²) in [5.41, 5.74) is 2.69. The normalized spacial score (nSPS) is 13.4. The lowest BCUT2D eigenvalue weighted by molar-refractivity contribution is -0.484. The van der Waals surface area contributed by atoms with Crippen molar-refractivity contribution in [2.75, 3.05) is 6.54 Å². The summed E-state index contributed by atoms with van der Waals surface area (Å²) in [6.07, 6.45) is 2.49. The maximum Gasteiger partial charge on any atom is 0.268 e. The van der Waals surface area contributed by atoms with Gasteiger partial charge in [0.2, 0.25) is 6.54 Å². The Morgan fingerprint density at radius 3 is 2.26 bits per heavy atom. The summed E-state index contributed by atoms with van der Waals surface area (Å²) in [5, 5.41) is 12.2. The van der Waals surface area contributed by atoms with Gasteiger partial charge in [-0.2, -0.15) is 0 Å². The highest BCUT2D eigenvalue weighted by molar-refractivity contribution is 7.90. The number of hydrogen-bond donors (Lipinski definition) is 0. The van der Waals surface area contributed by atoms with Gasteiger partial charge in [0.25, 0.3) is 10.0 Å². The van der Waals surface area contributed by atoms with E-state index in [9.17, 15) is 23.3 Å². The quantitative estimate of drug-likeness (QED) is 0.200. The van der Waals surface area contributed by atoms with Crippen molar-refractivity contribution in [2.45, 2.75) is 24.2 Å². The molecule has 4 aromatic rings. The lowest BCUT2D eigenvalue weighted by Gasteiger charge is -2.19. The van der Waals surface area contributed by atoms with Gasteiger partial charge >= 0.3 is 0 Å². The minimum absolute atomic E-state index is 0.118. The third-order valence-corrected chi connectivity index (χ3v) is 7.73. The standard InChI is InChI=1S/C26H24N2O5S/c1-19-11-13-22(14-12-19)34(32,33)27-16-25(23-9-5-6-10-26(23)27)24(17-28(30)31)21(18-29)15-20-7-3-2-4-8-20/h2-14,16,18,21,24H,15,17H2,1H3. The summed E-state index contributed by atoms with van der Waals surface area (Å²) in [6, 6.07) is 22.7. The molecule has 8 heteroatoms. The second kappa shape index (κ2) is 9.61. The smallest absolute Gasteiger partial charge is 0.268 e. The first kappa shape index (κ1) is 23.4. The van der Waals surface area contributed by atoms with Gasteiger partial charge in [0.15, 0.2) is 0 Å². The third-order valence-electron chi connectivity index (χ3n) is 6.04. The second-order valence-electron chi connectivity index (χ2n) is 8.33. The maximum absolute atomic E-state index is 13.5. The molecule has 0 saturated carbocycles. The van der Waals surface area contributed by atoms with E-state index in [1.807, 2.05) is 37.3 Å². The van der Waals surface area contributed by atoms with Crippen LogP contribution in [0.15, 0.2) is 90.0 Å². The maximum atomic E-state index is 13.5. The average molecular weight is 477 g/mol.